The molecule has 12 nitrogen and oxygen atoms in total. The zero-order chi connectivity index (χ0) is 31.4. The fraction of sp³-hybridized carbons (Fsp3) is 0.452. The van der Waals surface area contributed by atoms with Crippen LogP contribution in [0.3, 0.4) is 0 Å². The van der Waals surface area contributed by atoms with E-state index in [0.717, 1.165) is 12.0 Å². The van der Waals surface area contributed by atoms with Gasteiger partial charge in [-0.3, -0.25) is 19.2 Å². The molecule has 5 atom stereocenters. The molecule has 1 aliphatic heterocycles. The van der Waals surface area contributed by atoms with Gasteiger partial charge in [-0.2, -0.15) is 0 Å². The molecule has 0 spiro atoms. The van der Waals surface area contributed by atoms with Crippen LogP contribution in [-0.2, 0) is 36.9 Å². The fourth-order valence-electron chi connectivity index (χ4n) is 4.80. The van der Waals surface area contributed by atoms with E-state index in [-0.39, 0.29) is 31.5 Å². The minimum atomic E-state index is -1.72. The number of carbonyl (C=O) groups is 5. The molecule has 43 heavy (non-hydrogen) atoms. The van der Waals surface area contributed by atoms with Crippen LogP contribution in [0.15, 0.2) is 60.7 Å². The number of nitrogens with two attached hydrogens (primary N) is 1. The van der Waals surface area contributed by atoms with Crippen molar-refractivity contribution in [2.45, 2.75) is 82.8 Å². The number of nitrogens with zero attached hydrogens (tertiary/aromatic N) is 1. The molecule has 0 aromatic heterocycles. The van der Waals surface area contributed by atoms with Gasteiger partial charge in [0, 0.05) is 12.6 Å². The van der Waals surface area contributed by atoms with Gasteiger partial charge in [-0.05, 0) is 43.7 Å². The van der Waals surface area contributed by atoms with Crippen LogP contribution in [0.25, 0.3) is 0 Å². The summed E-state index contributed by atoms with van der Waals surface area (Å²) in [6, 6.07) is 14.4. The first-order valence-electron chi connectivity index (χ1n) is 14.5. The average molecular weight is 596 g/mol. The van der Waals surface area contributed by atoms with Crippen molar-refractivity contribution < 1.29 is 33.8 Å². The molecule has 0 bridgehead atoms. The van der Waals surface area contributed by atoms with E-state index in [0.29, 0.717) is 18.4 Å². The standard InChI is InChI=1S/C31H41N5O7/c1-3-20(2)33-29(40)25-15-10-16-36(25)30(41)27(38)23(17-21-11-6-4-7-12-21)34-28(39)24(18-26(32)37)35-31(42)43-19-22-13-8-5-9-14-22/h4-9,11-14,20,23-25,27,38H,3,10,15-19H2,1-2H3,(H2,32,37)(H,33,40)(H,34,39)(H,35,42)/t20?,23?,24-,25-,27?/m0/s1. The number of alkyl carbamates (subject to hydrolysis) is 1. The van der Waals surface area contributed by atoms with Crippen LogP contribution >= 0.6 is 0 Å². The molecule has 3 unspecified atom stereocenters. The number of carbonyl (C=O) groups excluding carboxylic acids is 5. The fourth-order valence-corrected chi connectivity index (χ4v) is 4.80. The van der Waals surface area contributed by atoms with Crippen LogP contribution in [0.5, 0.6) is 0 Å². The Morgan fingerprint density at radius 1 is 0.977 bits per heavy atom. The highest BCUT2D eigenvalue weighted by Gasteiger charge is 2.40. The monoisotopic (exact) mass is 595 g/mol. The van der Waals surface area contributed by atoms with Gasteiger partial charge in [-0.25, -0.2) is 4.79 Å². The molecule has 1 saturated heterocycles. The van der Waals surface area contributed by atoms with Gasteiger partial charge in [-0.1, -0.05) is 67.6 Å². The number of primary amides is 1. The minimum absolute atomic E-state index is 0.0544. The lowest BCUT2D eigenvalue weighted by Gasteiger charge is -2.31. The van der Waals surface area contributed by atoms with Crippen molar-refractivity contribution in [1.82, 2.24) is 20.9 Å². The lowest BCUT2D eigenvalue weighted by Crippen LogP contribution is -2.58. The second kappa shape index (κ2) is 16.3. The molecule has 0 saturated carbocycles. The van der Waals surface area contributed by atoms with E-state index in [9.17, 15) is 29.1 Å². The van der Waals surface area contributed by atoms with Crippen LogP contribution in [0, 0.1) is 0 Å². The largest absolute Gasteiger partial charge is 0.445 e. The SMILES string of the molecule is CCC(C)NC(=O)[C@@H]1CCCN1C(=O)C(O)C(Cc1ccccc1)NC(=O)[C@H](CC(N)=O)NC(=O)OCc1ccccc1. The van der Waals surface area contributed by atoms with Crippen molar-refractivity contribution in [3.63, 3.8) is 0 Å². The normalized spacial score (nSPS) is 17.2. The van der Waals surface area contributed by atoms with E-state index in [4.69, 9.17) is 10.5 Å². The summed E-state index contributed by atoms with van der Waals surface area (Å²) in [6.07, 6.45) is -1.40. The lowest BCUT2D eigenvalue weighted by molar-refractivity contribution is -0.147. The molecule has 5 amide bonds. The smallest absolute Gasteiger partial charge is 0.408 e. The predicted molar refractivity (Wildman–Crippen MR) is 158 cm³/mol. The summed E-state index contributed by atoms with van der Waals surface area (Å²) in [5.41, 5.74) is 6.78. The van der Waals surface area contributed by atoms with Crippen LogP contribution in [-0.4, -0.2) is 76.5 Å². The molecule has 2 aromatic carbocycles. The van der Waals surface area contributed by atoms with Gasteiger partial charge in [0.25, 0.3) is 5.91 Å². The lowest BCUT2D eigenvalue weighted by atomic mass is 9.99. The number of aliphatic hydroxyl groups is 1. The summed E-state index contributed by atoms with van der Waals surface area (Å²) in [4.78, 5) is 65.4. The Morgan fingerprint density at radius 3 is 2.21 bits per heavy atom. The van der Waals surface area contributed by atoms with Gasteiger partial charge in [-0.15, -0.1) is 0 Å². The van der Waals surface area contributed by atoms with Crippen molar-refractivity contribution in [2.24, 2.45) is 5.73 Å². The summed E-state index contributed by atoms with van der Waals surface area (Å²) in [5, 5.41) is 19.2. The van der Waals surface area contributed by atoms with Crippen molar-refractivity contribution in [3.8, 4) is 0 Å². The van der Waals surface area contributed by atoms with Crippen molar-refractivity contribution >= 4 is 29.7 Å². The maximum absolute atomic E-state index is 13.6. The molecule has 2 aromatic rings. The first-order chi connectivity index (χ1) is 20.6. The second-order valence-electron chi connectivity index (χ2n) is 10.7. The van der Waals surface area contributed by atoms with Crippen LogP contribution in [0.4, 0.5) is 4.79 Å². The predicted octanol–water partition coefficient (Wildman–Crippen LogP) is 1.15. The molecular weight excluding hydrogens is 554 g/mol. The Hall–Kier alpha value is -4.45. The first-order valence-corrected chi connectivity index (χ1v) is 14.5. The maximum Gasteiger partial charge on any atom is 0.408 e. The number of ether oxygens (including phenoxy) is 1. The minimum Gasteiger partial charge on any atom is -0.445 e. The van der Waals surface area contributed by atoms with Gasteiger partial charge < -0.3 is 36.4 Å². The van der Waals surface area contributed by atoms with E-state index in [1.54, 1.807) is 54.6 Å². The van der Waals surface area contributed by atoms with Gasteiger partial charge in [0.1, 0.15) is 18.7 Å². The van der Waals surface area contributed by atoms with Crippen molar-refractivity contribution in [3.05, 3.63) is 71.8 Å². The molecule has 1 aliphatic rings. The number of hydrogen-bond acceptors (Lipinski definition) is 7. The van der Waals surface area contributed by atoms with Crippen LogP contribution in [0.2, 0.25) is 0 Å². The Morgan fingerprint density at radius 2 is 1.60 bits per heavy atom. The zero-order valence-corrected chi connectivity index (χ0v) is 24.5. The van der Waals surface area contributed by atoms with E-state index < -0.39 is 54.5 Å². The summed E-state index contributed by atoms with van der Waals surface area (Å²) >= 11 is 0. The highest BCUT2D eigenvalue weighted by molar-refractivity contribution is 5.93. The Kier molecular flexibility index (Phi) is 12.5. The van der Waals surface area contributed by atoms with Crippen LogP contribution in [0.1, 0.15) is 50.7 Å². The molecule has 12 heteroatoms. The topological polar surface area (TPSA) is 180 Å². The van der Waals surface area contributed by atoms with E-state index >= 15 is 0 Å². The van der Waals surface area contributed by atoms with Gasteiger partial charge in [0.2, 0.25) is 17.7 Å². The average Bonchev–Trinajstić information content (AvgIpc) is 3.49. The molecule has 1 fully saturated rings. The number of nitrogens with one attached hydrogen (secondary N) is 3. The summed E-state index contributed by atoms with van der Waals surface area (Å²) < 4.78 is 5.18. The third-order valence-corrected chi connectivity index (χ3v) is 7.33. The Balaban J connectivity index is 1.75. The van der Waals surface area contributed by atoms with E-state index in [1.807, 2.05) is 19.9 Å². The Labute approximate surface area is 251 Å². The van der Waals surface area contributed by atoms with Gasteiger partial charge in [0.15, 0.2) is 6.10 Å². The summed E-state index contributed by atoms with van der Waals surface area (Å²) in [5.74, 6) is -2.69. The van der Waals surface area contributed by atoms with Crippen molar-refractivity contribution in [2.75, 3.05) is 6.54 Å². The van der Waals surface area contributed by atoms with Gasteiger partial charge >= 0.3 is 6.09 Å². The molecule has 3 rings (SSSR count). The number of rotatable bonds is 14. The Bertz CT molecular complexity index is 1240. The quantitative estimate of drug-likeness (QED) is 0.217. The number of benzene rings is 2. The molecule has 0 aliphatic carbocycles. The number of amides is 5. The highest BCUT2D eigenvalue weighted by atomic mass is 16.5. The second-order valence-corrected chi connectivity index (χ2v) is 10.7. The van der Waals surface area contributed by atoms with E-state index in [1.165, 1.54) is 4.90 Å². The molecular formula is C31H41N5O7. The molecule has 232 valence electrons. The number of aliphatic hydroxyl groups excluding tert-OH is 1. The summed E-state index contributed by atoms with van der Waals surface area (Å²) in [6.45, 7) is 4.02. The highest BCUT2D eigenvalue weighted by Crippen LogP contribution is 2.21. The number of likely N-dealkylation sites (tertiary alicyclic amines) is 1. The van der Waals surface area contributed by atoms with Crippen molar-refractivity contribution in [1.29, 1.82) is 0 Å². The number of hydrogen-bond donors (Lipinski definition) is 5. The molecule has 1 heterocycles. The molecule has 6 N–H and O–H groups in total. The maximum atomic E-state index is 13.6. The first kappa shape index (κ1) is 33.1. The van der Waals surface area contributed by atoms with Gasteiger partial charge in [0.05, 0.1) is 12.5 Å². The molecule has 0 radical (unpaired) electrons. The zero-order valence-electron chi connectivity index (χ0n) is 24.5. The third-order valence-electron chi connectivity index (χ3n) is 7.33. The third kappa shape index (κ3) is 10.1. The summed E-state index contributed by atoms with van der Waals surface area (Å²) in [7, 11) is 0. The van der Waals surface area contributed by atoms with Crippen LogP contribution < -0.4 is 21.7 Å². The van der Waals surface area contributed by atoms with E-state index in [2.05, 4.69) is 16.0 Å².